The summed E-state index contributed by atoms with van der Waals surface area (Å²) < 4.78 is 5.83. The summed E-state index contributed by atoms with van der Waals surface area (Å²) in [7, 11) is 0. The highest BCUT2D eigenvalue weighted by atomic mass is 32.1. The topological polar surface area (TPSA) is 83.7 Å². The molecule has 7 heteroatoms. The lowest BCUT2D eigenvalue weighted by molar-refractivity contribution is 0.306. The molecule has 0 spiro atoms. The summed E-state index contributed by atoms with van der Waals surface area (Å²) in [5.41, 5.74) is 2.92. The van der Waals surface area contributed by atoms with Gasteiger partial charge in [0.1, 0.15) is 12.1 Å². The lowest BCUT2D eigenvalue weighted by atomic mass is 10.0. The van der Waals surface area contributed by atoms with Crippen molar-refractivity contribution in [2.75, 3.05) is 6.61 Å². The second kappa shape index (κ2) is 9.12. The fourth-order valence-corrected chi connectivity index (χ4v) is 5.03. The van der Waals surface area contributed by atoms with Crippen LogP contribution in [0.5, 0.6) is 5.75 Å². The molecule has 3 aromatic heterocycles. The van der Waals surface area contributed by atoms with Crippen LogP contribution < -0.4 is 10.3 Å². The molecular formula is C25H26N4O2S. The van der Waals surface area contributed by atoms with Crippen molar-refractivity contribution >= 4 is 11.3 Å². The minimum atomic E-state index is -0.185. The third kappa shape index (κ3) is 4.39. The number of hydrogen-bond acceptors (Lipinski definition) is 5. The third-order valence-electron chi connectivity index (χ3n) is 5.74. The van der Waals surface area contributed by atoms with Crippen molar-refractivity contribution < 1.29 is 4.74 Å². The number of nitrogens with one attached hydrogen (secondary N) is 2. The van der Waals surface area contributed by atoms with E-state index in [0.717, 1.165) is 40.5 Å². The van der Waals surface area contributed by atoms with Crippen LogP contribution in [-0.2, 0) is 0 Å². The number of hydrogen-bond donors (Lipinski definition) is 2. The largest absolute Gasteiger partial charge is 0.494 e. The van der Waals surface area contributed by atoms with Crippen molar-refractivity contribution in [3.63, 3.8) is 0 Å². The minimum absolute atomic E-state index is 0.185. The highest BCUT2D eigenvalue weighted by Gasteiger charge is 2.26. The predicted octanol–water partition coefficient (Wildman–Crippen LogP) is 6.00. The molecule has 2 N–H and O–H groups in total. The Kier molecular flexibility index (Phi) is 5.90. The highest BCUT2D eigenvalue weighted by molar-refractivity contribution is 7.15. The van der Waals surface area contributed by atoms with Gasteiger partial charge in [0.05, 0.1) is 12.2 Å². The Hall–Kier alpha value is -3.19. The molecule has 0 radical (unpaired) electrons. The first-order chi connectivity index (χ1) is 15.7. The van der Waals surface area contributed by atoms with Crippen LogP contribution in [0.25, 0.3) is 33.1 Å². The molecule has 1 fully saturated rings. The van der Waals surface area contributed by atoms with E-state index in [2.05, 4.69) is 39.2 Å². The van der Waals surface area contributed by atoms with Crippen LogP contribution in [0.15, 0.2) is 53.6 Å². The molecule has 0 unspecified atom stereocenters. The van der Waals surface area contributed by atoms with Crippen LogP contribution in [0.3, 0.4) is 0 Å². The molecule has 1 saturated carbocycles. The first kappa shape index (κ1) is 20.7. The van der Waals surface area contributed by atoms with Crippen LogP contribution in [0.4, 0.5) is 0 Å². The van der Waals surface area contributed by atoms with Crippen molar-refractivity contribution in [3.05, 3.63) is 64.0 Å². The Morgan fingerprint density at radius 3 is 2.69 bits per heavy atom. The summed E-state index contributed by atoms with van der Waals surface area (Å²) in [6.07, 6.45) is 7.40. The SMILES string of the molecule is CCCCCOc1ccc(-c2cc(-c3ccc(C4CC4)s3)c(-c3nnc[nH]3)c(=O)[nH]2)cc1. The minimum Gasteiger partial charge on any atom is -0.494 e. The van der Waals surface area contributed by atoms with Gasteiger partial charge in [-0.25, -0.2) is 0 Å². The molecular weight excluding hydrogens is 420 g/mol. The van der Waals surface area contributed by atoms with E-state index < -0.39 is 0 Å². The van der Waals surface area contributed by atoms with E-state index in [1.54, 1.807) is 11.3 Å². The van der Waals surface area contributed by atoms with E-state index in [1.165, 1.54) is 36.9 Å². The summed E-state index contributed by atoms with van der Waals surface area (Å²) in [6, 6.07) is 14.2. The fourth-order valence-electron chi connectivity index (χ4n) is 3.83. The molecule has 0 aliphatic heterocycles. The second-order valence-electron chi connectivity index (χ2n) is 8.19. The van der Waals surface area contributed by atoms with Gasteiger partial charge in [0.2, 0.25) is 0 Å². The molecule has 4 aromatic rings. The van der Waals surface area contributed by atoms with Crippen molar-refractivity contribution in [2.24, 2.45) is 0 Å². The van der Waals surface area contributed by atoms with Gasteiger partial charge in [-0.1, -0.05) is 19.8 Å². The zero-order chi connectivity index (χ0) is 21.9. The number of nitrogens with zero attached hydrogens (tertiary/aromatic N) is 2. The molecule has 1 aromatic carbocycles. The molecule has 6 nitrogen and oxygen atoms in total. The van der Waals surface area contributed by atoms with Crippen molar-refractivity contribution in [2.45, 2.75) is 44.9 Å². The normalized spacial score (nSPS) is 13.4. The maximum atomic E-state index is 13.2. The lowest BCUT2D eigenvalue weighted by Gasteiger charge is -2.10. The van der Waals surface area contributed by atoms with E-state index in [1.807, 2.05) is 30.3 Å². The lowest BCUT2D eigenvalue weighted by Crippen LogP contribution is -2.12. The van der Waals surface area contributed by atoms with Crippen LogP contribution >= 0.6 is 11.3 Å². The molecule has 3 heterocycles. The summed E-state index contributed by atoms with van der Waals surface area (Å²) >= 11 is 1.76. The number of unbranched alkanes of at least 4 members (excludes halogenated alkanes) is 2. The van der Waals surface area contributed by atoms with Gasteiger partial charge in [0.15, 0.2) is 5.82 Å². The molecule has 32 heavy (non-hydrogen) atoms. The van der Waals surface area contributed by atoms with E-state index in [-0.39, 0.29) is 5.56 Å². The smallest absolute Gasteiger partial charge is 0.260 e. The van der Waals surface area contributed by atoms with Crippen LogP contribution in [0, 0.1) is 0 Å². The molecule has 0 saturated heterocycles. The van der Waals surface area contributed by atoms with Crippen molar-refractivity contribution in [1.29, 1.82) is 0 Å². The summed E-state index contributed by atoms with van der Waals surface area (Å²) in [5, 5.41) is 7.98. The third-order valence-corrected chi connectivity index (χ3v) is 7.02. The van der Waals surface area contributed by atoms with E-state index in [4.69, 9.17) is 4.74 Å². The van der Waals surface area contributed by atoms with Gasteiger partial charge in [-0.15, -0.1) is 21.5 Å². The standard InChI is InChI=1S/C25H26N4O2S/c1-2-3-4-13-31-18-9-7-16(8-10-18)20-14-19(22-12-11-21(32-22)17-5-6-17)23(25(30)28-20)24-26-15-27-29-24/h7-12,14-15,17H,2-6,13H2,1H3,(H,28,30)(H,26,27,29). The first-order valence-electron chi connectivity index (χ1n) is 11.2. The van der Waals surface area contributed by atoms with Crippen LogP contribution in [0.2, 0.25) is 0 Å². The number of pyridine rings is 1. The molecule has 1 aliphatic carbocycles. The fraction of sp³-hybridized carbons (Fsp3) is 0.320. The van der Waals surface area contributed by atoms with Crippen LogP contribution in [-0.4, -0.2) is 26.8 Å². The molecule has 5 rings (SSSR count). The Morgan fingerprint density at radius 1 is 1.12 bits per heavy atom. The second-order valence-corrected chi connectivity index (χ2v) is 9.31. The summed E-state index contributed by atoms with van der Waals surface area (Å²) in [5.74, 6) is 2.00. The van der Waals surface area contributed by atoms with Crippen molar-refractivity contribution in [3.8, 4) is 38.8 Å². The number of benzene rings is 1. The van der Waals surface area contributed by atoms with Gasteiger partial charge in [-0.2, -0.15) is 0 Å². The number of rotatable bonds is 9. The monoisotopic (exact) mass is 446 g/mol. The van der Waals surface area contributed by atoms with Gasteiger partial charge in [0, 0.05) is 21.0 Å². The zero-order valence-electron chi connectivity index (χ0n) is 18.1. The number of aromatic nitrogens is 4. The van der Waals surface area contributed by atoms with E-state index in [9.17, 15) is 4.79 Å². The van der Waals surface area contributed by atoms with Crippen LogP contribution in [0.1, 0.15) is 49.8 Å². The van der Waals surface area contributed by atoms with Crippen molar-refractivity contribution in [1.82, 2.24) is 20.2 Å². The average molecular weight is 447 g/mol. The zero-order valence-corrected chi connectivity index (χ0v) is 18.9. The maximum absolute atomic E-state index is 13.2. The number of aromatic amines is 2. The van der Waals surface area contributed by atoms with Gasteiger partial charge in [-0.3, -0.25) is 4.79 Å². The molecule has 0 atom stereocenters. The number of H-pyrrole nitrogens is 2. The Balaban J connectivity index is 1.49. The number of ether oxygens (including phenoxy) is 1. The molecule has 164 valence electrons. The highest BCUT2D eigenvalue weighted by Crippen LogP contribution is 2.46. The Labute approximate surface area is 190 Å². The first-order valence-corrected chi connectivity index (χ1v) is 12.0. The van der Waals surface area contributed by atoms with Gasteiger partial charge in [0.25, 0.3) is 5.56 Å². The summed E-state index contributed by atoms with van der Waals surface area (Å²) in [6.45, 7) is 2.90. The molecule has 0 bridgehead atoms. The van der Waals surface area contributed by atoms with Gasteiger partial charge >= 0.3 is 0 Å². The molecule has 0 amide bonds. The predicted molar refractivity (Wildman–Crippen MR) is 128 cm³/mol. The Bertz CT molecular complexity index is 1240. The number of thiophene rings is 1. The van der Waals surface area contributed by atoms with E-state index >= 15 is 0 Å². The maximum Gasteiger partial charge on any atom is 0.260 e. The average Bonchev–Trinajstić information content (AvgIpc) is 3.30. The Morgan fingerprint density at radius 2 is 1.97 bits per heavy atom. The van der Waals surface area contributed by atoms with Gasteiger partial charge in [-0.05, 0) is 73.2 Å². The summed E-state index contributed by atoms with van der Waals surface area (Å²) in [4.78, 5) is 21.6. The van der Waals surface area contributed by atoms with Gasteiger partial charge < -0.3 is 14.7 Å². The van der Waals surface area contributed by atoms with E-state index in [0.29, 0.717) is 17.3 Å². The quantitative estimate of drug-likeness (QED) is 0.309. The molecule has 1 aliphatic rings.